The molecule has 0 radical (unpaired) electrons. The summed E-state index contributed by atoms with van der Waals surface area (Å²) in [5, 5.41) is 2.54. The molecule has 0 spiro atoms. The van der Waals surface area contributed by atoms with E-state index >= 15 is 0 Å². The van der Waals surface area contributed by atoms with Crippen molar-refractivity contribution in [1.29, 1.82) is 0 Å². The van der Waals surface area contributed by atoms with Crippen LogP contribution in [0, 0.1) is 0 Å². The highest BCUT2D eigenvalue weighted by Crippen LogP contribution is 2.24. The average molecular weight is 478 g/mol. The number of rotatable bonds is 3. The normalized spacial score (nSPS) is 20.6. The van der Waals surface area contributed by atoms with E-state index in [9.17, 15) is 4.79 Å². The molecule has 0 saturated carbocycles. The number of aromatic nitrogens is 2. The third-order valence-corrected chi connectivity index (χ3v) is 5.55. The summed E-state index contributed by atoms with van der Waals surface area (Å²) < 4.78 is 0.951. The van der Waals surface area contributed by atoms with Crippen LogP contribution in [0.15, 0.2) is 64.1 Å². The van der Waals surface area contributed by atoms with Gasteiger partial charge in [-0.3, -0.25) is 4.79 Å². The zero-order valence-electron chi connectivity index (χ0n) is 14.5. The van der Waals surface area contributed by atoms with Crippen LogP contribution in [0.5, 0.6) is 0 Å². The number of alkyl halides is 2. The first-order chi connectivity index (χ1) is 13.5. The number of carbonyl (C=O) groups is 1. The number of amides is 1. The Labute approximate surface area is 180 Å². The number of imidazole rings is 1. The van der Waals surface area contributed by atoms with E-state index in [0.717, 1.165) is 21.2 Å². The minimum absolute atomic E-state index is 0.0797. The maximum Gasteiger partial charge on any atom is 0.255 e. The maximum absolute atomic E-state index is 12.5. The number of anilines is 1. The van der Waals surface area contributed by atoms with Crippen molar-refractivity contribution in [3.05, 3.63) is 64.7 Å². The smallest absolute Gasteiger partial charge is 0.255 e. The van der Waals surface area contributed by atoms with E-state index < -0.39 is 0 Å². The van der Waals surface area contributed by atoms with Crippen molar-refractivity contribution in [2.24, 2.45) is 4.99 Å². The Morgan fingerprint density at radius 3 is 2.75 bits per heavy atom. The molecule has 2 N–H and O–H groups in total. The monoisotopic (exact) mass is 476 g/mol. The number of nitrogens with one attached hydrogen (secondary N) is 2. The number of hydrogen-bond donors (Lipinski definition) is 2. The number of hydrogen-bond acceptors (Lipinski definition) is 3. The van der Waals surface area contributed by atoms with Crippen molar-refractivity contribution in [3.8, 4) is 0 Å². The van der Waals surface area contributed by atoms with Crippen molar-refractivity contribution in [2.45, 2.75) is 17.2 Å². The van der Waals surface area contributed by atoms with Gasteiger partial charge in [0.25, 0.3) is 5.91 Å². The zero-order chi connectivity index (χ0) is 19.7. The lowest BCUT2D eigenvalue weighted by molar-refractivity contribution is 0.102. The molecule has 2 atom stereocenters. The molecule has 1 heterocycles. The highest BCUT2D eigenvalue weighted by atomic mass is 79.9. The summed E-state index contributed by atoms with van der Waals surface area (Å²) in [6.07, 6.45) is 4.31. The molecule has 1 amide bonds. The molecule has 5 nitrogen and oxygen atoms in total. The Balaban J connectivity index is 1.57. The van der Waals surface area contributed by atoms with Gasteiger partial charge in [0.2, 0.25) is 5.95 Å². The molecule has 0 saturated heterocycles. The second-order valence-electron chi connectivity index (χ2n) is 6.37. The molecule has 1 aromatic heterocycles. The zero-order valence-corrected chi connectivity index (χ0v) is 17.6. The lowest BCUT2D eigenvalue weighted by Gasteiger charge is -2.16. The minimum Gasteiger partial charge on any atom is -0.322 e. The van der Waals surface area contributed by atoms with Crippen LogP contribution in [-0.2, 0) is 0 Å². The third-order valence-electron chi connectivity index (χ3n) is 4.30. The van der Waals surface area contributed by atoms with Gasteiger partial charge < -0.3 is 10.3 Å². The van der Waals surface area contributed by atoms with E-state index in [1.807, 2.05) is 36.4 Å². The number of halogens is 3. The SMILES string of the molecule is O=C(Nc1ccc(Br)cc1)c1ccc2nc(N=C3C=CC(Cl)CC3Cl)[nH]c2c1. The van der Waals surface area contributed by atoms with Gasteiger partial charge in [0.15, 0.2) is 0 Å². The summed E-state index contributed by atoms with van der Waals surface area (Å²) >= 11 is 15.8. The Morgan fingerprint density at radius 2 is 2.00 bits per heavy atom. The molecule has 0 fully saturated rings. The lowest BCUT2D eigenvalue weighted by atomic mass is 10.1. The Hall–Kier alpha value is -2.15. The summed E-state index contributed by atoms with van der Waals surface area (Å²) in [6.45, 7) is 0. The molecule has 0 aliphatic heterocycles. The van der Waals surface area contributed by atoms with E-state index in [4.69, 9.17) is 23.2 Å². The minimum atomic E-state index is -0.257. The molecular weight excluding hydrogens is 463 g/mol. The second kappa shape index (κ2) is 8.07. The number of aromatic amines is 1. The number of allylic oxidation sites excluding steroid dienone is 2. The van der Waals surface area contributed by atoms with Gasteiger partial charge in [-0.25, -0.2) is 9.98 Å². The van der Waals surface area contributed by atoms with E-state index in [2.05, 4.69) is 36.2 Å². The number of fused-ring (bicyclic) bond motifs is 1. The molecular formula is C20H15BrCl2N4O. The number of aliphatic imine (C=N–C) groups is 1. The summed E-state index contributed by atoms with van der Waals surface area (Å²) in [5.74, 6) is 0.245. The van der Waals surface area contributed by atoms with Gasteiger partial charge >= 0.3 is 0 Å². The molecule has 142 valence electrons. The molecule has 8 heteroatoms. The summed E-state index contributed by atoms with van der Waals surface area (Å²) in [5.41, 5.74) is 3.41. The van der Waals surface area contributed by atoms with Gasteiger partial charge in [-0.1, -0.05) is 22.0 Å². The summed E-state index contributed by atoms with van der Waals surface area (Å²) in [7, 11) is 0. The van der Waals surface area contributed by atoms with Crippen molar-refractivity contribution in [3.63, 3.8) is 0 Å². The lowest BCUT2D eigenvalue weighted by Crippen LogP contribution is -2.21. The number of H-pyrrole nitrogens is 1. The van der Waals surface area contributed by atoms with Crippen LogP contribution in [0.1, 0.15) is 16.8 Å². The van der Waals surface area contributed by atoms with E-state index in [0.29, 0.717) is 23.6 Å². The van der Waals surface area contributed by atoms with Crippen molar-refractivity contribution in [2.75, 3.05) is 5.32 Å². The Bertz CT molecular complexity index is 1090. The van der Waals surface area contributed by atoms with Crippen molar-refractivity contribution < 1.29 is 4.79 Å². The fourth-order valence-electron chi connectivity index (χ4n) is 2.86. The molecule has 1 aliphatic rings. The fraction of sp³-hybridized carbons (Fsp3) is 0.150. The number of benzene rings is 2. The van der Waals surface area contributed by atoms with Crippen LogP contribution in [0.25, 0.3) is 11.0 Å². The number of carbonyl (C=O) groups excluding carboxylic acids is 1. The molecule has 0 bridgehead atoms. The van der Waals surface area contributed by atoms with E-state index in [-0.39, 0.29) is 16.7 Å². The van der Waals surface area contributed by atoms with Gasteiger partial charge in [-0.2, -0.15) is 0 Å². The van der Waals surface area contributed by atoms with Crippen LogP contribution in [0.3, 0.4) is 0 Å². The molecule has 1 aliphatic carbocycles. The standard InChI is InChI=1S/C20H15BrCl2N4O/c21-12-2-5-14(6-3-12)24-19(28)11-1-7-17-18(9-11)27-20(26-17)25-16-8-4-13(22)10-15(16)23/h1-9,13,15H,10H2,(H,24,28)(H,26,27). The van der Waals surface area contributed by atoms with Gasteiger partial charge in [-0.15, -0.1) is 23.2 Å². The van der Waals surface area contributed by atoms with E-state index in [1.165, 1.54) is 0 Å². The first-order valence-corrected chi connectivity index (χ1v) is 10.3. The van der Waals surface area contributed by atoms with Gasteiger partial charge in [0, 0.05) is 15.7 Å². The quantitative estimate of drug-likeness (QED) is 0.466. The van der Waals surface area contributed by atoms with Crippen LogP contribution in [-0.4, -0.2) is 32.3 Å². The molecule has 3 aromatic rings. The largest absolute Gasteiger partial charge is 0.322 e. The van der Waals surface area contributed by atoms with Crippen LogP contribution in [0.4, 0.5) is 11.6 Å². The predicted molar refractivity (Wildman–Crippen MR) is 118 cm³/mol. The van der Waals surface area contributed by atoms with Gasteiger partial charge in [0.1, 0.15) is 0 Å². The Kier molecular flexibility index (Phi) is 5.53. The van der Waals surface area contributed by atoms with Crippen LogP contribution < -0.4 is 5.32 Å². The van der Waals surface area contributed by atoms with Gasteiger partial charge in [0.05, 0.1) is 27.5 Å². The molecule has 2 aromatic carbocycles. The third kappa shape index (κ3) is 4.29. The van der Waals surface area contributed by atoms with Crippen molar-refractivity contribution >= 4 is 73.4 Å². The summed E-state index contributed by atoms with van der Waals surface area (Å²) in [4.78, 5) is 24.6. The average Bonchev–Trinajstić information content (AvgIpc) is 3.07. The fourth-order valence-corrected chi connectivity index (χ4v) is 3.78. The highest BCUT2D eigenvalue weighted by Gasteiger charge is 2.20. The number of nitrogens with zero attached hydrogens (tertiary/aromatic N) is 2. The second-order valence-corrected chi connectivity index (χ2v) is 8.37. The first-order valence-electron chi connectivity index (χ1n) is 8.59. The highest BCUT2D eigenvalue weighted by molar-refractivity contribution is 9.10. The first kappa shape index (κ1) is 19.2. The van der Waals surface area contributed by atoms with Crippen molar-refractivity contribution in [1.82, 2.24) is 9.97 Å². The predicted octanol–water partition coefficient (Wildman–Crippen LogP) is 5.82. The maximum atomic E-state index is 12.5. The molecule has 28 heavy (non-hydrogen) atoms. The van der Waals surface area contributed by atoms with E-state index in [1.54, 1.807) is 18.2 Å². The van der Waals surface area contributed by atoms with Crippen LogP contribution >= 0.6 is 39.1 Å². The summed E-state index contributed by atoms with van der Waals surface area (Å²) in [6, 6.07) is 12.7. The molecule has 2 unspecified atom stereocenters. The topological polar surface area (TPSA) is 70.1 Å². The molecule has 4 rings (SSSR count). The Morgan fingerprint density at radius 1 is 1.21 bits per heavy atom. The van der Waals surface area contributed by atoms with Gasteiger partial charge in [-0.05, 0) is 55.0 Å². The van der Waals surface area contributed by atoms with Crippen LogP contribution in [0.2, 0.25) is 0 Å².